The molecule has 0 fully saturated rings. The molecule has 6 heteroatoms. The van der Waals surface area contributed by atoms with Crippen LogP contribution in [0.4, 0.5) is 5.69 Å². The first-order valence-corrected chi connectivity index (χ1v) is 4.83. The first kappa shape index (κ1) is 9.82. The molecular weight excluding hydrogens is 194 g/mol. The van der Waals surface area contributed by atoms with Gasteiger partial charge >= 0.3 is 0 Å². The fourth-order valence-corrected chi connectivity index (χ4v) is 1.70. The van der Waals surface area contributed by atoms with E-state index in [1.807, 2.05) is 0 Å². The third-order valence-corrected chi connectivity index (χ3v) is 2.60. The van der Waals surface area contributed by atoms with E-state index in [1.165, 1.54) is 13.0 Å². The molecule has 5 nitrogen and oxygen atoms in total. The van der Waals surface area contributed by atoms with Crippen LogP contribution in [0, 0.1) is 6.92 Å². The fraction of sp³-hybridized carbons (Fsp3) is 0.143. The van der Waals surface area contributed by atoms with Crippen LogP contribution in [0.1, 0.15) is 5.56 Å². The average Bonchev–Trinajstić information content (AvgIpc) is 1.94. The van der Waals surface area contributed by atoms with Gasteiger partial charge in [-0.1, -0.05) is 0 Å². The van der Waals surface area contributed by atoms with Gasteiger partial charge in [-0.25, -0.2) is 0 Å². The standard InChI is InChI=1S/C7H9NO4S/c1-4-2-5(8)6(9)3-7(4)13(10,11)12/h2-3,9H,8H2,1H3,(H,10,11,12). The van der Waals surface area contributed by atoms with Gasteiger partial charge in [-0.05, 0) is 18.6 Å². The Bertz CT molecular complexity index is 438. The summed E-state index contributed by atoms with van der Waals surface area (Å²) in [7, 11) is -4.29. The number of phenols is 1. The average molecular weight is 203 g/mol. The molecule has 13 heavy (non-hydrogen) atoms. The van der Waals surface area contributed by atoms with Crippen molar-refractivity contribution in [1.82, 2.24) is 0 Å². The van der Waals surface area contributed by atoms with Crippen LogP contribution in [0.3, 0.4) is 0 Å². The first-order valence-electron chi connectivity index (χ1n) is 3.39. The molecule has 0 aliphatic carbocycles. The van der Waals surface area contributed by atoms with Gasteiger partial charge in [0, 0.05) is 6.07 Å². The van der Waals surface area contributed by atoms with Crippen molar-refractivity contribution in [3.63, 3.8) is 0 Å². The molecule has 0 heterocycles. The van der Waals surface area contributed by atoms with Gasteiger partial charge in [0.2, 0.25) is 0 Å². The minimum absolute atomic E-state index is 0.0740. The molecule has 0 saturated heterocycles. The summed E-state index contributed by atoms with van der Waals surface area (Å²) < 4.78 is 30.1. The van der Waals surface area contributed by atoms with Gasteiger partial charge in [0.1, 0.15) is 10.6 Å². The van der Waals surface area contributed by atoms with E-state index in [2.05, 4.69) is 0 Å². The maximum absolute atomic E-state index is 10.7. The highest BCUT2D eigenvalue weighted by Gasteiger charge is 2.15. The van der Waals surface area contributed by atoms with Gasteiger partial charge in [-0.3, -0.25) is 4.55 Å². The minimum Gasteiger partial charge on any atom is -0.506 e. The smallest absolute Gasteiger partial charge is 0.294 e. The molecule has 0 radical (unpaired) electrons. The van der Waals surface area contributed by atoms with Crippen LogP contribution in [0.15, 0.2) is 17.0 Å². The molecule has 0 spiro atoms. The Labute approximate surface area is 75.6 Å². The Morgan fingerprint density at radius 3 is 2.38 bits per heavy atom. The number of phenolic OH excluding ortho intramolecular Hbond substituents is 1. The summed E-state index contributed by atoms with van der Waals surface area (Å²) in [6.07, 6.45) is 0. The molecular formula is C7H9NO4S. The van der Waals surface area contributed by atoms with E-state index in [9.17, 15) is 8.42 Å². The second-order valence-corrected chi connectivity index (χ2v) is 4.04. The molecule has 0 amide bonds. The first-order chi connectivity index (χ1) is 5.82. The van der Waals surface area contributed by atoms with E-state index >= 15 is 0 Å². The quantitative estimate of drug-likeness (QED) is 0.351. The summed E-state index contributed by atoms with van der Waals surface area (Å²) in [6, 6.07) is 2.19. The van der Waals surface area contributed by atoms with Gasteiger partial charge in [0.15, 0.2) is 0 Å². The Morgan fingerprint density at radius 1 is 1.38 bits per heavy atom. The predicted octanol–water partition coefficient (Wildman–Crippen LogP) is 0.530. The van der Waals surface area contributed by atoms with Crippen LogP contribution in [0.5, 0.6) is 5.75 Å². The fourth-order valence-electron chi connectivity index (χ4n) is 0.978. The monoisotopic (exact) mass is 203 g/mol. The van der Waals surface area contributed by atoms with Gasteiger partial charge in [-0.2, -0.15) is 8.42 Å². The molecule has 0 aliphatic heterocycles. The van der Waals surface area contributed by atoms with E-state index in [0.717, 1.165) is 6.07 Å². The van der Waals surface area contributed by atoms with E-state index < -0.39 is 10.1 Å². The van der Waals surface area contributed by atoms with Crippen molar-refractivity contribution in [3.8, 4) is 5.75 Å². The number of rotatable bonds is 1. The number of benzene rings is 1. The molecule has 0 unspecified atom stereocenters. The number of hydrogen-bond acceptors (Lipinski definition) is 4. The van der Waals surface area contributed by atoms with Crippen LogP contribution >= 0.6 is 0 Å². The van der Waals surface area contributed by atoms with E-state index in [1.54, 1.807) is 0 Å². The summed E-state index contributed by atoms with van der Waals surface area (Å²) in [4.78, 5) is -0.334. The van der Waals surface area contributed by atoms with Crippen LogP contribution in [-0.2, 0) is 10.1 Å². The van der Waals surface area contributed by atoms with Crippen molar-refractivity contribution in [2.24, 2.45) is 0 Å². The lowest BCUT2D eigenvalue weighted by Crippen LogP contribution is -2.01. The lowest BCUT2D eigenvalue weighted by Gasteiger charge is -2.05. The number of aryl methyl sites for hydroxylation is 1. The second kappa shape index (κ2) is 2.90. The molecule has 72 valence electrons. The summed E-state index contributed by atoms with van der Waals surface area (Å²) >= 11 is 0. The summed E-state index contributed by atoms with van der Waals surface area (Å²) in [5.41, 5.74) is 5.67. The Hall–Kier alpha value is -1.27. The van der Waals surface area contributed by atoms with Crippen LogP contribution in [0.2, 0.25) is 0 Å². The number of aromatic hydroxyl groups is 1. The molecule has 1 rings (SSSR count). The number of nitrogens with two attached hydrogens (primary N) is 1. The van der Waals surface area contributed by atoms with E-state index in [-0.39, 0.29) is 21.9 Å². The largest absolute Gasteiger partial charge is 0.506 e. The molecule has 0 aliphatic rings. The molecule has 0 aromatic heterocycles. The minimum atomic E-state index is -4.29. The summed E-state index contributed by atoms with van der Waals surface area (Å²) in [5, 5.41) is 9.09. The second-order valence-electron chi connectivity index (χ2n) is 2.65. The van der Waals surface area contributed by atoms with Gasteiger partial charge in [-0.15, -0.1) is 0 Å². The number of anilines is 1. The highest BCUT2D eigenvalue weighted by atomic mass is 32.2. The van der Waals surface area contributed by atoms with Crippen molar-refractivity contribution in [1.29, 1.82) is 0 Å². The van der Waals surface area contributed by atoms with E-state index in [0.29, 0.717) is 0 Å². The predicted molar refractivity (Wildman–Crippen MR) is 47.1 cm³/mol. The molecule has 1 aromatic rings. The molecule has 0 bridgehead atoms. The highest BCUT2D eigenvalue weighted by molar-refractivity contribution is 7.85. The molecule has 4 N–H and O–H groups in total. The highest BCUT2D eigenvalue weighted by Crippen LogP contribution is 2.26. The summed E-state index contributed by atoms with van der Waals surface area (Å²) in [6.45, 7) is 1.47. The van der Waals surface area contributed by atoms with E-state index in [4.69, 9.17) is 15.4 Å². The number of hydrogen-bond donors (Lipinski definition) is 3. The zero-order valence-electron chi connectivity index (χ0n) is 6.85. The molecule has 0 saturated carbocycles. The van der Waals surface area contributed by atoms with Crippen molar-refractivity contribution in [2.45, 2.75) is 11.8 Å². The maximum Gasteiger partial charge on any atom is 0.294 e. The van der Waals surface area contributed by atoms with Gasteiger partial charge in [0.25, 0.3) is 10.1 Å². The van der Waals surface area contributed by atoms with Gasteiger partial charge < -0.3 is 10.8 Å². The lowest BCUT2D eigenvalue weighted by molar-refractivity contribution is 0.467. The van der Waals surface area contributed by atoms with Crippen molar-refractivity contribution < 1.29 is 18.1 Å². The third kappa shape index (κ3) is 1.90. The van der Waals surface area contributed by atoms with Crippen molar-refractivity contribution in [3.05, 3.63) is 17.7 Å². The van der Waals surface area contributed by atoms with Crippen LogP contribution in [0.25, 0.3) is 0 Å². The normalized spacial score (nSPS) is 11.5. The Kier molecular flexibility index (Phi) is 2.19. The lowest BCUT2D eigenvalue weighted by atomic mass is 10.2. The van der Waals surface area contributed by atoms with Crippen molar-refractivity contribution in [2.75, 3.05) is 5.73 Å². The van der Waals surface area contributed by atoms with Crippen LogP contribution < -0.4 is 5.73 Å². The zero-order valence-corrected chi connectivity index (χ0v) is 7.67. The summed E-state index contributed by atoms with van der Waals surface area (Å²) in [5.74, 6) is -0.363. The van der Waals surface area contributed by atoms with Crippen LogP contribution in [-0.4, -0.2) is 18.1 Å². The Balaban J connectivity index is 3.50. The zero-order chi connectivity index (χ0) is 10.2. The Morgan fingerprint density at radius 2 is 1.92 bits per heavy atom. The molecule has 1 aromatic carbocycles. The maximum atomic E-state index is 10.7. The molecule has 0 atom stereocenters. The van der Waals surface area contributed by atoms with Gasteiger partial charge in [0.05, 0.1) is 5.69 Å². The third-order valence-electron chi connectivity index (χ3n) is 1.60. The number of nitrogen functional groups attached to an aromatic ring is 1. The SMILES string of the molecule is Cc1cc(N)c(O)cc1S(=O)(=O)O. The van der Waals surface area contributed by atoms with Crippen molar-refractivity contribution >= 4 is 15.8 Å². The topological polar surface area (TPSA) is 101 Å².